The summed E-state index contributed by atoms with van der Waals surface area (Å²) in [5.74, 6) is 0.675. The van der Waals surface area contributed by atoms with Gasteiger partial charge in [0.15, 0.2) is 9.84 Å². The van der Waals surface area contributed by atoms with E-state index in [2.05, 4.69) is 11.4 Å². The molecule has 1 aliphatic heterocycles. The number of nitrogens with one attached hydrogen (secondary N) is 1. The molecule has 0 saturated carbocycles. The zero-order chi connectivity index (χ0) is 21.1. The Morgan fingerprint density at radius 1 is 1.17 bits per heavy atom. The van der Waals surface area contributed by atoms with Crippen molar-refractivity contribution in [1.29, 1.82) is 0 Å². The molecule has 1 amide bonds. The van der Waals surface area contributed by atoms with Crippen LogP contribution in [-0.4, -0.2) is 33.2 Å². The second kappa shape index (κ2) is 8.45. The van der Waals surface area contributed by atoms with Gasteiger partial charge >= 0.3 is 0 Å². The molecular formula is C23H21NO4S2. The van der Waals surface area contributed by atoms with Crippen LogP contribution in [0.2, 0.25) is 0 Å². The molecule has 1 N–H and O–H groups in total. The molecule has 2 aromatic carbocycles. The van der Waals surface area contributed by atoms with Crippen molar-refractivity contribution < 1.29 is 17.9 Å². The summed E-state index contributed by atoms with van der Waals surface area (Å²) in [5, 5.41) is 4.85. The molecule has 1 unspecified atom stereocenters. The van der Waals surface area contributed by atoms with Gasteiger partial charge in [-0.3, -0.25) is 4.79 Å². The monoisotopic (exact) mass is 439 g/mol. The van der Waals surface area contributed by atoms with E-state index in [1.165, 1.54) is 12.3 Å². The summed E-state index contributed by atoms with van der Waals surface area (Å²) >= 11 is 1.58. The van der Waals surface area contributed by atoms with E-state index < -0.39 is 9.84 Å². The molecule has 2 heterocycles. The number of fused-ring (bicyclic) bond motifs is 1. The van der Waals surface area contributed by atoms with Gasteiger partial charge in [-0.1, -0.05) is 24.3 Å². The van der Waals surface area contributed by atoms with Crippen LogP contribution >= 0.6 is 11.3 Å². The first-order valence-corrected chi connectivity index (χ1v) is 12.2. The standard InChI is InChI=1S/C23H21NO4S2/c1-30(26,27)21-8-4-16(5-9-21)17-6-10-22-18(13-17)14-19(28-22)15-24-23(25)11-7-20-3-2-12-29-20/h2-13,19H,14-15H2,1H3,(H,24,25). The Kier molecular flexibility index (Phi) is 5.74. The van der Waals surface area contributed by atoms with Crippen molar-refractivity contribution in [3.05, 3.63) is 76.5 Å². The third-order valence-corrected chi connectivity index (χ3v) is 6.83. The Balaban J connectivity index is 1.37. The number of hydrogen-bond acceptors (Lipinski definition) is 5. The fourth-order valence-corrected chi connectivity index (χ4v) is 4.57. The molecule has 7 heteroatoms. The largest absolute Gasteiger partial charge is 0.488 e. The molecule has 1 atom stereocenters. The summed E-state index contributed by atoms with van der Waals surface area (Å²) in [4.78, 5) is 13.4. The number of amides is 1. The van der Waals surface area contributed by atoms with E-state index in [9.17, 15) is 13.2 Å². The third kappa shape index (κ3) is 4.80. The number of thiophene rings is 1. The van der Waals surface area contributed by atoms with E-state index in [0.717, 1.165) is 27.3 Å². The summed E-state index contributed by atoms with van der Waals surface area (Å²) in [6.45, 7) is 0.431. The highest BCUT2D eigenvalue weighted by Gasteiger charge is 2.23. The Hall–Kier alpha value is -2.90. The molecule has 5 nitrogen and oxygen atoms in total. The van der Waals surface area contributed by atoms with Gasteiger partial charge in [0.05, 0.1) is 11.4 Å². The molecule has 4 rings (SSSR count). The molecule has 30 heavy (non-hydrogen) atoms. The lowest BCUT2D eigenvalue weighted by molar-refractivity contribution is -0.116. The van der Waals surface area contributed by atoms with Crippen LogP contribution in [0.25, 0.3) is 17.2 Å². The molecule has 154 valence electrons. The van der Waals surface area contributed by atoms with Gasteiger partial charge in [0.2, 0.25) is 5.91 Å². The zero-order valence-corrected chi connectivity index (χ0v) is 18.0. The number of benzene rings is 2. The number of ether oxygens (including phenoxy) is 1. The highest BCUT2D eigenvalue weighted by molar-refractivity contribution is 7.90. The molecule has 0 aliphatic carbocycles. The molecule has 0 spiro atoms. The maximum atomic E-state index is 12.0. The molecule has 0 bridgehead atoms. The number of sulfone groups is 1. The van der Waals surface area contributed by atoms with Gasteiger partial charge in [-0.2, -0.15) is 0 Å². The SMILES string of the molecule is CS(=O)(=O)c1ccc(-c2ccc3c(c2)CC(CNC(=O)C=Cc2cccs2)O3)cc1. The molecule has 3 aromatic rings. The molecule has 0 radical (unpaired) electrons. The van der Waals surface area contributed by atoms with Gasteiger partial charge in [-0.05, 0) is 58.5 Å². The van der Waals surface area contributed by atoms with Gasteiger partial charge in [-0.15, -0.1) is 11.3 Å². The second-order valence-electron chi connectivity index (χ2n) is 7.16. The Morgan fingerprint density at radius 3 is 2.63 bits per heavy atom. The fraction of sp³-hybridized carbons (Fsp3) is 0.174. The van der Waals surface area contributed by atoms with Gasteiger partial charge in [0.25, 0.3) is 0 Å². The lowest BCUT2D eigenvalue weighted by Crippen LogP contribution is -2.33. The highest BCUT2D eigenvalue weighted by Crippen LogP contribution is 2.33. The van der Waals surface area contributed by atoms with Crippen LogP contribution in [0.3, 0.4) is 0 Å². The van der Waals surface area contributed by atoms with Crippen LogP contribution in [0.15, 0.2) is 70.9 Å². The van der Waals surface area contributed by atoms with Crippen molar-refractivity contribution in [3.8, 4) is 16.9 Å². The number of rotatable bonds is 6. The fourth-order valence-electron chi connectivity index (χ4n) is 3.33. The summed E-state index contributed by atoms with van der Waals surface area (Å²) in [6, 6.07) is 16.7. The molecular weight excluding hydrogens is 418 g/mol. The third-order valence-electron chi connectivity index (χ3n) is 4.86. The van der Waals surface area contributed by atoms with Gasteiger partial charge < -0.3 is 10.1 Å². The van der Waals surface area contributed by atoms with E-state index in [4.69, 9.17) is 4.74 Å². The molecule has 0 fully saturated rings. The summed E-state index contributed by atoms with van der Waals surface area (Å²) in [7, 11) is -3.21. The Morgan fingerprint density at radius 2 is 1.93 bits per heavy atom. The second-order valence-corrected chi connectivity index (χ2v) is 10.2. The van der Waals surface area contributed by atoms with E-state index >= 15 is 0 Å². The highest BCUT2D eigenvalue weighted by atomic mass is 32.2. The predicted octanol–water partition coefficient (Wildman–Crippen LogP) is 3.95. The molecule has 1 aromatic heterocycles. The van der Waals surface area contributed by atoms with Crippen LogP contribution in [0.4, 0.5) is 0 Å². The van der Waals surface area contributed by atoms with Crippen molar-refractivity contribution >= 4 is 33.2 Å². The van der Waals surface area contributed by atoms with Gasteiger partial charge in [0, 0.05) is 23.6 Å². The van der Waals surface area contributed by atoms with Crippen LogP contribution in [0, 0.1) is 0 Å². The first-order chi connectivity index (χ1) is 14.4. The topological polar surface area (TPSA) is 72.5 Å². The summed E-state index contributed by atoms with van der Waals surface area (Å²) < 4.78 is 29.2. The van der Waals surface area contributed by atoms with E-state index in [-0.39, 0.29) is 12.0 Å². The number of carbonyl (C=O) groups is 1. The lowest BCUT2D eigenvalue weighted by atomic mass is 10.0. The average Bonchev–Trinajstić information content (AvgIpc) is 3.39. The Labute approximate surface area is 179 Å². The van der Waals surface area contributed by atoms with Crippen LogP contribution in [0.5, 0.6) is 5.75 Å². The smallest absolute Gasteiger partial charge is 0.244 e. The number of hydrogen-bond donors (Lipinski definition) is 1. The molecule has 0 saturated heterocycles. The zero-order valence-electron chi connectivity index (χ0n) is 16.4. The van der Waals surface area contributed by atoms with Crippen molar-refractivity contribution in [3.63, 3.8) is 0 Å². The minimum atomic E-state index is -3.21. The predicted molar refractivity (Wildman–Crippen MR) is 119 cm³/mol. The average molecular weight is 440 g/mol. The van der Waals surface area contributed by atoms with Crippen molar-refractivity contribution in [2.24, 2.45) is 0 Å². The minimum Gasteiger partial charge on any atom is -0.488 e. The van der Waals surface area contributed by atoms with E-state index in [1.54, 1.807) is 29.5 Å². The summed E-state index contributed by atoms with van der Waals surface area (Å²) in [5.41, 5.74) is 3.02. The van der Waals surface area contributed by atoms with Crippen LogP contribution < -0.4 is 10.1 Å². The first-order valence-electron chi connectivity index (χ1n) is 9.48. The maximum absolute atomic E-state index is 12.0. The van der Waals surface area contributed by atoms with E-state index in [0.29, 0.717) is 17.9 Å². The maximum Gasteiger partial charge on any atom is 0.244 e. The van der Waals surface area contributed by atoms with Gasteiger partial charge in [0.1, 0.15) is 11.9 Å². The van der Waals surface area contributed by atoms with Crippen molar-refractivity contribution in [2.45, 2.75) is 17.4 Å². The normalized spacial score (nSPS) is 15.7. The minimum absolute atomic E-state index is 0.109. The Bertz CT molecular complexity index is 1180. The summed E-state index contributed by atoms with van der Waals surface area (Å²) in [6.07, 6.45) is 5.13. The first kappa shape index (κ1) is 20.4. The van der Waals surface area contributed by atoms with Crippen LogP contribution in [0.1, 0.15) is 10.4 Å². The van der Waals surface area contributed by atoms with Crippen molar-refractivity contribution in [2.75, 3.05) is 12.8 Å². The molecule has 1 aliphatic rings. The van der Waals surface area contributed by atoms with Crippen molar-refractivity contribution in [1.82, 2.24) is 5.32 Å². The number of carbonyl (C=O) groups excluding carboxylic acids is 1. The quantitative estimate of drug-likeness (QED) is 0.591. The van der Waals surface area contributed by atoms with E-state index in [1.807, 2.05) is 41.8 Å². The lowest BCUT2D eigenvalue weighted by Gasteiger charge is -2.10. The van der Waals surface area contributed by atoms with Gasteiger partial charge in [-0.25, -0.2) is 8.42 Å². The van der Waals surface area contributed by atoms with Crippen LogP contribution in [-0.2, 0) is 21.1 Å².